The molecule has 6 nitrogen and oxygen atoms in total. The summed E-state index contributed by atoms with van der Waals surface area (Å²) in [6.07, 6.45) is 9.16. The molecule has 0 spiro atoms. The Labute approximate surface area is 141 Å². The molecule has 0 amide bonds. The largest absolute Gasteiger partial charge is 0.472 e. The van der Waals surface area contributed by atoms with Crippen LogP contribution < -0.4 is 4.90 Å². The Morgan fingerprint density at radius 1 is 1.21 bits per heavy atom. The van der Waals surface area contributed by atoms with Gasteiger partial charge in [0.1, 0.15) is 0 Å². The number of nitrogens with zero attached hydrogens (tertiary/aromatic N) is 4. The molecule has 0 N–H and O–H groups in total. The van der Waals surface area contributed by atoms with Crippen LogP contribution in [0.5, 0.6) is 0 Å². The summed E-state index contributed by atoms with van der Waals surface area (Å²) in [5.41, 5.74) is 3.83. The quantitative estimate of drug-likeness (QED) is 0.862. The molecule has 0 radical (unpaired) electrons. The van der Waals surface area contributed by atoms with Crippen LogP contribution >= 0.6 is 0 Å². The Hall–Kier alpha value is -1.92. The number of fused-ring (bicyclic) bond motifs is 4. The summed E-state index contributed by atoms with van der Waals surface area (Å²) in [6, 6.07) is 3.10. The monoisotopic (exact) mass is 326 g/mol. The predicted molar refractivity (Wildman–Crippen MR) is 88.8 cm³/mol. The van der Waals surface area contributed by atoms with Gasteiger partial charge in [-0.15, -0.1) is 0 Å². The number of furan rings is 1. The Bertz CT molecular complexity index is 712. The predicted octanol–water partition coefficient (Wildman–Crippen LogP) is 2.17. The summed E-state index contributed by atoms with van der Waals surface area (Å²) >= 11 is 0. The molecule has 0 saturated carbocycles. The van der Waals surface area contributed by atoms with Crippen molar-refractivity contribution in [2.24, 2.45) is 0 Å². The molecule has 0 aromatic carbocycles. The first-order chi connectivity index (χ1) is 11.9. The van der Waals surface area contributed by atoms with Crippen LogP contribution in [0.15, 0.2) is 29.2 Å². The molecule has 3 aliphatic heterocycles. The third-order valence-corrected chi connectivity index (χ3v) is 5.56. The van der Waals surface area contributed by atoms with Gasteiger partial charge in [0.2, 0.25) is 5.95 Å². The number of aromatic nitrogens is 2. The van der Waals surface area contributed by atoms with Crippen LogP contribution in [0.25, 0.3) is 0 Å². The first-order valence-corrected chi connectivity index (χ1v) is 8.84. The van der Waals surface area contributed by atoms with Gasteiger partial charge < -0.3 is 14.1 Å². The van der Waals surface area contributed by atoms with Crippen molar-refractivity contribution in [3.8, 4) is 0 Å². The van der Waals surface area contributed by atoms with Gasteiger partial charge in [-0.25, -0.2) is 9.97 Å². The van der Waals surface area contributed by atoms with Crippen LogP contribution in [0, 0.1) is 0 Å². The van der Waals surface area contributed by atoms with E-state index in [1.165, 1.54) is 29.7 Å². The summed E-state index contributed by atoms with van der Waals surface area (Å²) in [5.74, 6) is 0.875. The van der Waals surface area contributed by atoms with Crippen LogP contribution in [0.3, 0.4) is 0 Å². The van der Waals surface area contributed by atoms with Crippen LogP contribution in [-0.4, -0.2) is 47.2 Å². The Balaban J connectivity index is 1.41. The zero-order valence-corrected chi connectivity index (χ0v) is 13.7. The highest BCUT2D eigenvalue weighted by molar-refractivity contribution is 5.37. The van der Waals surface area contributed by atoms with Crippen LogP contribution in [0.1, 0.15) is 35.7 Å². The van der Waals surface area contributed by atoms with Gasteiger partial charge in [0.05, 0.1) is 31.4 Å². The van der Waals surface area contributed by atoms with E-state index in [1.807, 2.05) is 6.26 Å². The fraction of sp³-hybridized carbons (Fsp3) is 0.556. The first kappa shape index (κ1) is 14.4. The van der Waals surface area contributed by atoms with E-state index in [0.717, 1.165) is 45.2 Å². The molecule has 5 rings (SSSR count). The molecular formula is C18H22N4O2. The van der Waals surface area contributed by atoms with Gasteiger partial charge in [-0.1, -0.05) is 0 Å². The summed E-state index contributed by atoms with van der Waals surface area (Å²) < 4.78 is 10.7. The van der Waals surface area contributed by atoms with Gasteiger partial charge in [0.25, 0.3) is 0 Å². The van der Waals surface area contributed by atoms with Crippen LogP contribution in [0.2, 0.25) is 0 Å². The maximum atomic E-state index is 5.43. The molecule has 2 atom stereocenters. The molecule has 2 saturated heterocycles. The highest BCUT2D eigenvalue weighted by Gasteiger charge is 2.41. The second kappa shape index (κ2) is 5.86. The Kier molecular flexibility index (Phi) is 3.52. The fourth-order valence-corrected chi connectivity index (χ4v) is 4.32. The van der Waals surface area contributed by atoms with Crippen molar-refractivity contribution >= 4 is 5.95 Å². The van der Waals surface area contributed by atoms with Gasteiger partial charge in [-0.3, -0.25) is 4.90 Å². The van der Waals surface area contributed by atoms with Crippen molar-refractivity contribution in [2.45, 2.75) is 37.9 Å². The van der Waals surface area contributed by atoms with Crippen molar-refractivity contribution in [2.75, 3.05) is 31.2 Å². The summed E-state index contributed by atoms with van der Waals surface area (Å²) in [4.78, 5) is 14.4. The smallest absolute Gasteiger partial charge is 0.225 e. The van der Waals surface area contributed by atoms with E-state index in [0.29, 0.717) is 12.1 Å². The van der Waals surface area contributed by atoms with Crippen LogP contribution in [-0.2, 0) is 17.7 Å². The molecule has 0 aliphatic carbocycles. The van der Waals surface area contributed by atoms with Crippen molar-refractivity contribution in [3.05, 3.63) is 41.6 Å². The molecule has 24 heavy (non-hydrogen) atoms. The lowest BCUT2D eigenvalue weighted by atomic mass is 9.99. The summed E-state index contributed by atoms with van der Waals surface area (Å²) in [5, 5.41) is 0. The second-order valence-electron chi connectivity index (χ2n) is 6.93. The Morgan fingerprint density at radius 2 is 2.12 bits per heavy atom. The molecule has 5 heterocycles. The minimum Gasteiger partial charge on any atom is -0.472 e. The van der Waals surface area contributed by atoms with E-state index >= 15 is 0 Å². The average Bonchev–Trinajstić information content (AvgIpc) is 3.23. The molecular weight excluding hydrogens is 304 g/mol. The number of anilines is 1. The highest BCUT2D eigenvalue weighted by Crippen LogP contribution is 2.44. The van der Waals surface area contributed by atoms with E-state index in [-0.39, 0.29) is 0 Å². The molecule has 6 heteroatoms. The van der Waals surface area contributed by atoms with E-state index in [9.17, 15) is 0 Å². The molecule has 3 aliphatic rings. The third-order valence-electron chi connectivity index (χ3n) is 5.56. The fourth-order valence-electron chi connectivity index (χ4n) is 4.32. The van der Waals surface area contributed by atoms with Crippen LogP contribution in [0.4, 0.5) is 5.95 Å². The number of ether oxygens (including phenoxy) is 1. The zero-order valence-electron chi connectivity index (χ0n) is 13.7. The topological polar surface area (TPSA) is 54.6 Å². The van der Waals surface area contributed by atoms with E-state index in [4.69, 9.17) is 14.1 Å². The van der Waals surface area contributed by atoms with Gasteiger partial charge in [0, 0.05) is 55.5 Å². The lowest BCUT2D eigenvalue weighted by Gasteiger charge is -2.36. The third kappa shape index (κ3) is 2.41. The second-order valence-corrected chi connectivity index (χ2v) is 6.93. The van der Waals surface area contributed by atoms with Gasteiger partial charge in [0.15, 0.2) is 0 Å². The molecule has 0 unspecified atom stereocenters. The maximum absolute atomic E-state index is 5.43. The minimum absolute atomic E-state index is 0.451. The Morgan fingerprint density at radius 3 is 2.96 bits per heavy atom. The molecule has 126 valence electrons. The molecule has 2 bridgehead atoms. The van der Waals surface area contributed by atoms with Gasteiger partial charge in [-0.05, 0) is 18.9 Å². The summed E-state index contributed by atoms with van der Waals surface area (Å²) in [6.45, 7) is 4.27. The number of hydrogen-bond donors (Lipinski definition) is 0. The lowest BCUT2D eigenvalue weighted by molar-refractivity contribution is 0.122. The van der Waals surface area contributed by atoms with E-state index < -0.39 is 0 Å². The zero-order chi connectivity index (χ0) is 15.9. The number of hydrogen-bond acceptors (Lipinski definition) is 6. The minimum atomic E-state index is 0.451. The highest BCUT2D eigenvalue weighted by atomic mass is 16.5. The van der Waals surface area contributed by atoms with E-state index in [2.05, 4.69) is 27.0 Å². The number of morpholine rings is 1. The molecule has 2 aromatic rings. The lowest BCUT2D eigenvalue weighted by Crippen LogP contribution is -2.40. The van der Waals surface area contributed by atoms with Gasteiger partial charge >= 0.3 is 0 Å². The average molecular weight is 326 g/mol. The molecule has 2 aromatic heterocycles. The standard InChI is InChI=1S/C18H22N4O2/c1-2-17-15-10-19-18(21-4-7-23-8-5-21)20-16(15)9-14(1)22(17)11-13-3-6-24-12-13/h3,6,10,12,14,17H,1-2,4-5,7-9,11H2/t14-,17-/m0/s1. The maximum Gasteiger partial charge on any atom is 0.225 e. The van der Waals surface area contributed by atoms with Gasteiger partial charge in [-0.2, -0.15) is 0 Å². The van der Waals surface area contributed by atoms with Crippen molar-refractivity contribution < 1.29 is 9.15 Å². The number of rotatable bonds is 3. The molecule has 2 fully saturated rings. The summed E-state index contributed by atoms with van der Waals surface area (Å²) in [7, 11) is 0. The first-order valence-electron chi connectivity index (χ1n) is 8.84. The normalized spacial score (nSPS) is 26.6. The van der Waals surface area contributed by atoms with E-state index in [1.54, 1.807) is 6.26 Å². The van der Waals surface area contributed by atoms with Crippen molar-refractivity contribution in [3.63, 3.8) is 0 Å². The van der Waals surface area contributed by atoms with Crippen molar-refractivity contribution in [1.82, 2.24) is 14.9 Å². The van der Waals surface area contributed by atoms with Crippen molar-refractivity contribution in [1.29, 1.82) is 0 Å². The SMILES string of the molecule is c1cc(CN2[C@H]3CC[C@H]2c2cnc(N4CCOCC4)nc2C3)co1.